The minimum atomic E-state index is -0.0671. The number of ketones is 3. The summed E-state index contributed by atoms with van der Waals surface area (Å²) in [5.74, 6) is 1.60. The molecule has 0 aromatic carbocycles. The Bertz CT molecular complexity index is 779. The monoisotopic (exact) mass is 484 g/mol. The molecule has 2 aliphatic carbocycles. The second kappa shape index (κ2) is 14.3. The maximum Gasteiger partial charge on any atom is 0.143 e. The molecule has 0 N–H and O–H groups in total. The van der Waals surface area contributed by atoms with Crippen molar-refractivity contribution >= 4 is 17.3 Å². The molecule has 35 heavy (non-hydrogen) atoms. The lowest BCUT2D eigenvalue weighted by Gasteiger charge is -2.30. The van der Waals surface area contributed by atoms with Gasteiger partial charge in [-0.25, -0.2) is 0 Å². The summed E-state index contributed by atoms with van der Waals surface area (Å²) in [4.78, 5) is 39.1. The van der Waals surface area contributed by atoms with E-state index in [0.717, 1.165) is 56.9 Å². The number of allylic oxidation sites excluding steroid dienone is 4. The van der Waals surface area contributed by atoms with E-state index in [1.807, 2.05) is 0 Å². The molecule has 0 aliphatic heterocycles. The molecule has 0 amide bonds. The van der Waals surface area contributed by atoms with E-state index >= 15 is 0 Å². The van der Waals surface area contributed by atoms with Gasteiger partial charge in [-0.15, -0.1) is 0 Å². The summed E-state index contributed by atoms with van der Waals surface area (Å²) in [5, 5.41) is 0. The number of Topliss-reactive ketones (excluding diaryl/α,β-unsaturated/α-hetero) is 3. The van der Waals surface area contributed by atoms with Gasteiger partial charge in [-0.05, 0) is 68.6 Å². The minimum absolute atomic E-state index is 0.0671. The topological polar surface area (TPSA) is 51.2 Å². The second-order valence-corrected chi connectivity index (χ2v) is 12.4. The average Bonchev–Trinajstić information content (AvgIpc) is 3.18. The van der Waals surface area contributed by atoms with Crippen molar-refractivity contribution in [3.63, 3.8) is 0 Å². The molecule has 2 aliphatic rings. The molecule has 0 bridgehead atoms. The molecule has 3 unspecified atom stereocenters. The van der Waals surface area contributed by atoms with E-state index in [2.05, 4.69) is 53.7 Å². The standard InChI is InChI=1S/C32H52O3/c1-7-11-27(30(8-2)31(35)21-29(34)22-32(6)16-9-10-17-32)19-25-13-15-26(23(3)4)14-12-24(5)18-28(33)20-25/h12,14,23,25,27,30H,7-11,13,15-22H2,1-6H3/b24-12-,26-14+. The molecule has 3 nitrogen and oxygen atoms in total. The Kier molecular flexibility index (Phi) is 12.1. The van der Waals surface area contributed by atoms with Crippen molar-refractivity contribution in [3.05, 3.63) is 23.3 Å². The van der Waals surface area contributed by atoms with Crippen LogP contribution in [0.5, 0.6) is 0 Å². The highest BCUT2D eigenvalue weighted by atomic mass is 16.1. The third-order valence-electron chi connectivity index (χ3n) is 8.68. The molecular weight excluding hydrogens is 432 g/mol. The average molecular weight is 485 g/mol. The molecule has 2 rings (SSSR count). The second-order valence-electron chi connectivity index (χ2n) is 12.4. The lowest BCUT2D eigenvalue weighted by Crippen LogP contribution is -2.29. The Labute approximate surface area is 215 Å². The number of hydrogen-bond acceptors (Lipinski definition) is 3. The molecule has 1 fully saturated rings. The van der Waals surface area contributed by atoms with Crippen molar-refractivity contribution in [1.82, 2.24) is 0 Å². The van der Waals surface area contributed by atoms with Gasteiger partial charge in [0.15, 0.2) is 0 Å². The van der Waals surface area contributed by atoms with Crippen molar-refractivity contribution in [1.29, 1.82) is 0 Å². The summed E-state index contributed by atoms with van der Waals surface area (Å²) in [6.45, 7) is 13.0. The SMILES string of the molecule is CCCC(CC1CC/C(C(C)C)=C\C=C(\C)CC(=O)C1)C(CC)C(=O)CC(=O)CC1(C)CCCC1. The summed E-state index contributed by atoms with van der Waals surface area (Å²) < 4.78 is 0. The van der Waals surface area contributed by atoms with E-state index < -0.39 is 0 Å². The van der Waals surface area contributed by atoms with Crippen molar-refractivity contribution in [2.24, 2.45) is 29.1 Å². The Morgan fingerprint density at radius 1 is 1.11 bits per heavy atom. The lowest BCUT2D eigenvalue weighted by atomic mass is 9.74. The Balaban J connectivity index is 2.10. The van der Waals surface area contributed by atoms with Gasteiger partial charge in [-0.3, -0.25) is 14.4 Å². The van der Waals surface area contributed by atoms with Gasteiger partial charge < -0.3 is 0 Å². The van der Waals surface area contributed by atoms with Crippen LogP contribution in [0.2, 0.25) is 0 Å². The molecular formula is C32H52O3. The summed E-state index contributed by atoms with van der Waals surface area (Å²) in [5.41, 5.74) is 2.69. The van der Waals surface area contributed by atoms with E-state index in [1.165, 1.54) is 18.4 Å². The third kappa shape index (κ3) is 9.81. The highest BCUT2D eigenvalue weighted by molar-refractivity contribution is 6.00. The highest BCUT2D eigenvalue weighted by Gasteiger charge is 2.34. The quantitative estimate of drug-likeness (QED) is 0.261. The fraction of sp³-hybridized carbons (Fsp3) is 0.781. The van der Waals surface area contributed by atoms with Crippen LogP contribution in [-0.4, -0.2) is 17.3 Å². The maximum absolute atomic E-state index is 13.4. The molecule has 3 heteroatoms. The first-order valence-corrected chi connectivity index (χ1v) is 14.5. The van der Waals surface area contributed by atoms with Crippen molar-refractivity contribution in [3.8, 4) is 0 Å². The van der Waals surface area contributed by atoms with Crippen LogP contribution in [0.1, 0.15) is 131 Å². The van der Waals surface area contributed by atoms with E-state index in [9.17, 15) is 14.4 Å². The molecule has 0 saturated heterocycles. The van der Waals surface area contributed by atoms with Crippen LogP contribution in [0, 0.1) is 29.1 Å². The van der Waals surface area contributed by atoms with Crippen LogP contribution in [0.25, 0.3) is 0 Å². The fourth-order valence-electron chi connectivity index (χ4n) is 6.63. The Morgan fingerprint density at radius 3 is 2.40 bits per heavy atom. The van der Waals surface area contributed by atoms with Crippen LogP contribution >= 0.6 is 0 Å². The van der Waals surface area contributed by atoms with Gasteiger partial charge in [-0.1, -0.05) is 83.6 Å². The zero-order valence-corrected chi connectivity index (χ0v) is 23.6. The smallest absolute Gasteiger partial charge is 0.143 e. The number of rotatable bonds is 12. The highest BCUT2D eigenvalue weighted by Crippen LogP contribution is 2.41. The van der Waals surface area contributed by atoms with Gasteiger partial charge >= 0.3 is 0 Å². The van der Waals surface area contributed by atoms with E-state index in [1.54, 1.807) is 0 Å². The summed E-state index contributed by atoms with van der Waals surface area (Å²) in [6, 6.07) is 0. The largest absolute Gasteiger partial charge is 0.299 e. The van der Waals surface area contributed by atoms with Crippen LogP contribution in [0.15, 0.2) is 23.3 Å². The molecule has 198 valence electrons. The molecule has 1 saturated carbocycles. The zero-order chi connectivity index (χ0) is 26.0. The predicted molar refractivity (Wildman–Crippen MR) is 146 cm³/mol. The Hall–Kier alpha value is -1.51. The van der Waals surface area contributed by atoms with Crippen LogP contribution in [-0.2, 0) is 14.4 Å². The van der Waals surface area contributed by atoms with Gasteiger partial charge in [0.1, 0.15) is 17.3 Å². The van der Waals surface area contributed by atoms with Crippen LogP contribution in [0.4, 0.5) is 0 Å². The molecule has 0 radical (unpaired) electrons. The summed E-state index contributed by atoms with van der Waals surface area (Å²) in [6.07, 6.45) is 16.5. The van der Waals surface area contributed by atoms with Gasteiger partial charge in [0.25, 0.3) is 0 Å². The van der Waals surface area contributed by atoms with Crippen molar-refractivity contribution < 1.29 is 14.4 Å². The first-order valence-electron chi connectivity index (χ1n) is 14.5. The predicted octanol–water partition coefficient (Wildman–Crippen LogP) is 8.61. The molecule has 0 heterocycles. The minimum Gasteiger partial charge on any atom is -0.299 e. The van der Waals surface area contributed by atoms with Gasteiger partial charge in [0, 0.05) is 25.2 Å². The van der Waals surface area contributed by atoms with Crippen molar-refractivity contribution in [2.45, 2.75) is 131 Å². The van der Waals surface area contributed by atoms with E-state index in [-0.39, 0.29) is 35.2 Å². The first-order chi connectivity index (χ1) is 16.6. The number of carbonyl (C=O) groups excluding carboxylic acids is 3. The summed E-state index contributed by atoms with van der Waals surface area (Å²) >= 11 is 0. The third-order valence-corrected chi connectivity index (χ3v) is 8.68. The summed E-state index contributed by atoms with van der Waals surface area (Å²) in [7, 11) is 0. The molecule has 3 atom stereocenters. The molecule has 0 aromatic heterocycles. The van der Waals surface area contributed by atoms with E-state index in [4.69, 9.17) is 0 Å². The normalized spacial score (nSPS) is 25.9. The fourth-order valence-corrected chi connectivity index (χ4v) is 6.63. The lowest BCUT2D eigenvalue weighted by molar-refractivity contribution is -0.131. The van der Waals surface area contributed by atoms with Crippen molar-refractivity contribution in [2.75, 3.05) is 0 Å². The number of hydrogen-bond donors (Lipinski definition) is 0. The first kappa shape index (κ1) is 29.7. The maximum atomic E-state index is 13.4. The van der Waals surface area contributed by atoms with Crippen LogP contribution < -0.4 is 0 Å². The number of carbonyl (C=O) groups is 3. The Morgan fingerprint density at radius 2 is 1.80 bits per heavy atom. The van der Waals surface area contributed by atoms with Gasteiger partial charge in [-0.2, -0.15) is 0 Å². The van der Waals surface area contributed by atoms with Gasteiger partial charge in [0.2, 0.25) is 0 Å². The molecule has 0 spiro atoms. The zero-order valence-electron chi connectivity index (χ0n) is 23.6. The molecule has 0 aromatic rings. The van der Waals surface area contributed by atoms with Crippen LogP contribution in [0.3, 0.4) is 0 Å². The van der Waals surface area contributed by atoms with Gasteiger partial charge in [0.05, 0.1) is 6.42 Å². The van der Waals surface area contributed by atoms with E-state index in [0.29, 0.717) is 36.9 Å².